The van der Waals surface area contributed by atoms with Crippen molar-refractivity contribution in [3.05, 3.63) is 23.5 Å². The number of halogens is 1. The average molecular weight is 258 g/mol. The Balaban J connectivity index is 2.83. The maximum atomic E-state index is 9.92. The first-order chi connectivity index (χ1) is 7.63. The van der Waals surface area contributed by atoms with Gasteiger partial charge in [0.1, 0.15) is 5.15 Å². The predicted octanol–water partition coefficient (Wildman–Crippen LogP) is 0.989. The predicted molar refractivity (Wildman–Crippen MR) is 68.3 cm³/mol. The Bertz CT molecular complexity index is 393. The summed E-state index contributed by atoms with van der Waals surface area (Å²) in [7, 11) is -1.16. The number of pyridine rings is 1. The first kappa shape index (κ1) is 14.4. The van der Waals surface area contributed by atoms with Crippen molar-refractivity contribution in [2.45, 2.75) is 38.9 Å². The van der Waals surface area contributed by atoms with E-state index in [0.29, 0.717) is 5.46 Å². The number of rotatable bonds is 4. The molecule has 2 N–H and O–H groups in total. The molecule has 1 aromatic heterocycles. The summed E-state index contributed by atoms with van der Waals surface area (Å²) in [6.45, 7) is 6.66. The molecule has 0 saturated carbocycles. The van der Waals surface area contributed by atoms with Gasteiger partial charge in [-0.1, -0.05) is 11.6 Å². The molecule has 1 rings (SSSR count). The molecule has 0 saturated heterocycles. The minimum absolute atomic E-state index is 0.284. The summed E-state index contributed by atoms with van der Waals surface area (Å²) in [5.74, 6) is 0. The van der Waals surface area contributed by atoms with E-state index >= 15 is 0 Å². The molecular weight excluding hydrogens is 240 g/mol. The maximum absolute atomic E-state index is 9.92. The largest absolute Gasteiger partial charge is 0.491 e. The molecule has 0 aliphatic rings. The fraction of sp³-hybridized carbons (Fsp3) is 0.545. The second-order valence-corrected chi connectivity index (χ2v) is 5.34. The molecule has 17 heavy (non-hydrogen) atoms. The molecule has 6 heteroatoms. The molecular formula is C11H17BClNO3. The van der Waals surface area contributed by atoms with Crippen LogP contribution in [0.15, 0.2) is 18.3 Å². The van der Waals surface area contributed by atoms with E-state index in [0.717, 1.165) is 0 Å². The highest BCUT2D eigenvalue weighted by Gasteiger charge is 2.39. The Morgan fingerprint density at radius 2 is 1.94 bits per heavy atom. The average Bonchev–Trinajstić information content (AvgIpc) is 2.15. The standard InChI is InChI=1S/C11H17BClNO3/c1-10(2,15)11(3,4)17-12(16)8-5-6-14-9(13)7-8/h5-7,15-16H,1-4H3. The van der Waals surface area contributed by atoms with Crippen LogP contribution in [0.25, 0.3) is 0 Å². The van der Waals surface area contributed by atoms with Crippen LogP contribution in [-0.2, 0) is 4.65 Å². The molecule has 0 aliphatic carbocycles. The molecule has 0 radical (unpaired) electrons. The van der Waals surface area contributed by atoms with Crippen LogP contribution in [0.1, 0.15) is 27.7 Å². The van der Waals surface area contributed by atoms with E-state index in [-0.39, 0.29) is 5.15 Å². The molecule has 1 heterocycles. The van der Waals surface area contributed by atoms with E-state index in [2.05, 4.69) is 4.98 Å². The molecule has 0 aromatic carbocycles. The monoisotopic (exact) mass is 257 g/mol. The van der Waals surface area contributed by atoms with Crippen LogP contribution >= 0.6 is 11.6 Å². The van der Waals surface area contributed by atoms with E-state index in [9.17, 15) is 10.1 Å². The first-order valence-electron chi connectivity index (χ1n) is 5.33. The van der Waals surface area contributed by atoms with Crippen molar-refractivity contribution >= 4 is 24.2 Å². The van der Waals surface area contributed by atoms with E-state index < -0.39 is 18.3 Å². The van der Waals surface area contributed by atoms with Crippen LogP contribution in [0, 0.1) is 0 Å². The number of nitrogens with zero attached hydrogens (tertiary/aromatic N) is 1. The Hall–Kier alpha value is -0.615. The van der Waals surface area contributed by atoms with Crippen molar-refractivity contribution in [1.29, 1.82) is 0 Å². The lowest BCUT2D eigenvalue weighted by Crippen LogP contribution is -2.53. The molecule has 0 atom stereocenters. The second kappa shape index (κ2) is 4.94. The van der Waals surface area contributed by atoms with Gasteiger partial charge >= 0.3 is 7.12 Å². The third-order valence-electron chi connectivity index (χ3n) is 2.92. The smallest absolute Gasteiger partial charge is 0.423 e. The van der Waals surface area contributed by atoms with Gasteiger partial charge in [-0.15, -0.1) is 0 Å². The van der Waals surface area contributed by atoms with Gasteiger partial charge in [-0.05, 0) is 45.3 Å². The van der Waals surface area contributed by atoms with Gasteiger partial charge in [0.05, 0.1) is 11.2 Å². The lowest BCUT2D eigenvalue weighted by atomic mass is 9.77. The van der Waals surface area contributed by atoms with Gasteiger partial charge < -0.3 is 14.8 Å². The van der Waals surface area contributed by atoms with Gasteiger partial charge in [0.2, 0.25) is 0 Å². The summed E-state index contributed by atoms with van der Waals surface area (Å²) >= 11 is 5.72. The van der Waals surface area contributed by atoms with Crippen molar-refractivity contribution in [2.24, 2.45) is 0 Å². The van der Waals surface area contributed by atoms with Crippen LogP contribution in [0.4, 0.5) is 0 Å². The summed E-state index contributed by atoms with van der Waals surface area (Å²) in [4.78, 5) is 3.82. The van der Waals surface area contributed by atoms with Gasteiger partial charge in [-0.3, -0.25) is 0 Å². The summed E-state index contributed by atoms with van der Waals surface area (Å²) in [6, 6.07) is 3.13. The summed E-state index contributed by atoms with van der Waals surface area (Å²) in [6.07, 6.45) is 1.49. The molecule has 4 nitrogen and oxygen atoms in total. The molecule has 0 fully saturated rings. The summed E-state index contributed by atoms with van der Waals surface area (Å²) in [5, 5.41) is 20.1. The number of hydrogen-bond donors (Lipinski definition) is 2. The lowest BCUT2D eigenvalue weighted by molar-refractivity contribution is -0.0982. The fourth-order valence-electron chi connectivity index (χ4n) is 1.06. The molecule has 0 spiro atoms. The van der Waals surface area contributed by atoms with Gasteiger partial charge in [0, 0.05) is 6.20 Å². The van der Waals surface area contributed by atoms with Crippen molar-refractivity contribution in [3.8, 4) is 0 Å². The van der Waals surface area contributed by atoms with Crippen LogP contribution in [0.5, 0.6) is 0 Å². The fourth-order valence-corrected chi connectivity index (χ4v) is 1.24. The number of aliphatic hydroxyl groups is 1. The van der Waals surface area contributed by atoms with Gasteiger partial charge in [0.15, 0.2) is 0 Å². The van der Waals surface area contributed by atoms with Crippen LogP contribution in [0.2, 0.25) is 5.15 Å². The number of hydrogen-bond acceptors (Lipinski definition) is 4. The zero-order chi connectivity index (χ0) is 13.3. The highest BCUT2D eigenvalue weighted by atomic mass is 35.5. The second-order valence-electron chi connectivity index (χ2n) is 4.95. The highest BCUT2D eigenvalue weighted by Crippen LogP contribution is 2.25. The minimum Gasteiger partial charge on any atom is -0.423 e. The van der Waals surface area contributed by atoms with E-state index in [1.54, 1.807) is 33.8 Å². The molecule has 0 aliphatic heterocycles. The Kier molecular flexibility index (Phi) is 4.20. The maximum Gasteiger partial charge on any atom is 0.491 e. The zero-order valence-corrected chi connectivity index (χ0v) is 11.2. The molecule has 1 aromatic rings. The van der Waals surface area contributed by atoms with E-state index in [1.165, 1.54) is 12.3 Å². The van der Waals surface area contributed by atoms with Crippen molar-refractivity contribution < 1.29 is 14.8 Å². The highest BCUT2D eigenvalue weighted by molar-refractivity contribution is 6.60. The van der Waals surface area contributed by atoms with Crippen LogP contribution < -0.4 is 5.46 Å². The SMILES string of the molecule is CC(C)(O)C(C)(C)OB(O)c1ccnc(Cl)c1. The van der Waals surface area contributed by atoms with Gasteiger partial charge in [-0.2, -0.15) is 0 Å². The Morgan fingerprint density at radius 3 is 2.41 bits per heavy atom. The van der Waals surface area contributed by atoms with Crippen molar-refractivity contribution in [1.82, 2.24) is 4.98 Å². The molecule has 0 unspecified atom stereocenters. The normalized spacial score (nSPS) is 12.6. The Morgan fingerprint density at radius 1 is 1.35 bits per heavy atom. The zero-order valence-electron chi connectivity index (χ0n) is 10.4. The minimum atomic E-state index is -1.16. The lowest BCUT2D eigenvalue weighted by Gasteiger charge is -2.38. The third-order valence-corrected chi connectivity index (χ3v) is 3.12. The van der Waals surface area contributed by atoms with Crippen molar-refractivity contribution in [2.75, 3.05) is 0 Å². The summed E-state index contributed by atoms with van der Waals surface area (Å²) in [5.41, 5.74) is -1.48. The van der Waals surface area contributed by atoms with Gasteiger partial charge in [-0.25, -0.2) is 4.98 Å². The molecule has 0 bridgehead atoms. The molecule has 94 valence electrons. The first-order valence-corrected chi connectivity index (χ1v) is 5.71. The Labute approximate surface area is 107 Å². The van der Waals surface area contributed by atoms with E-state index in [4.69, 9.17) is 16.3 Å². The van der Waals surface area contributed by atoms with Gasteiger partial charge in [0.25, 0.3) is 0 Å². The van der Waals surface area contributed by atoms with E-state index in [1.807, 2.05) is 0 Å². The molecule has 0 amide bonds. The third kappa shape index (κ3) is 3.68. The van der Waals surface area contributed by atoms with Crippen LogP contribution in [-0.4, -0.2) is 33.4 Å². The summed E-state index contributed by atoms with van der Waals surface area (Å²) < 4.78 is 5.46. The number of aromatic nitrogens is 1. The van der Waals surface area contributed by atoms with Crippen LogP contribution in [0.3, 0.4) is 0 Å². The quantitative estimate of drug-likeness (QED) is 0.624. The van der Waals surface area contributed by atoms with Crippen molar-refractivity contribution in [3.63, 3.8) is 0 Å². The topological polar surface area (TPSA) is 62.6 Å².